The molecule has 8 heteroatoms. The Morgan fingerprint density at radius 1 is 1.44 bits per heavy atom. The summed E-state index contributed by atoms with van der Waals surface area (Å²) in [6, 6.07) is 6.40. The lowest BCUT2D eigenvalue weighted by Crippen LogP contribution is -2.48. The number of allylic oxidation sites excluding steroid dienone is 2. The fraction of sp³-hybridized carbons (Fsp3) is 0.368. The highest BCUT2D eigenvalue weighted by atomic mass is 19.3. The van der Waals surface area contributed by atoms with Crippen molar-refractivity contribution in [1.29, 1.82) is 0 Å². The largest absolute Gasteiger partial charge is 0.394 e. The van der Waals surface area contributed by atoms with E-state index in [-0.39, 0.29) is 12.1 Å². The molecule has 3 rings (SSSR count). The predicted molar refractivity (Wildman–Crippen MR) is 99.5 cm³/mol. The number of aliphatic hydroxyl groups excluding tert-OH is 1. The third-order valence-corrected chi connectivity index (χ3v) is 4.79. The SMILES string of the molecule is Cc1cccc(N2N=C(C(F)F)C3=CC=C(NC(=O)[C@@H](N)CO)CC32C)c1. The summed E-state index contributed by atoms with van der Waals surface area (Å²) in [5.41, 5.74) is 7.01. The maximum absolute atomic E-state index is 13.6. The second-order valence-corrected chi connectivity index (χ2v) is 6.94. The maximum atomic E-state index is 13.6. The van der Waals surface area contributed by atoms with Crippen LogP contribution in [0.3, 0.4) is 0 Å². The zero-order valence-corrected chi connectivity index (χ0v) is 15.1. The first kappa shape index (κ1) is 19.2. The number of aryl methyl sites for hydroxylation is 1. The molecule has 1 aliphatic carbocycles. The summed E-state index contributed by atoms with van der Waals surface area (Å²) in [6.07, 6.45) is 0.690. The van der Waals surface area contributed by atoms with Gasteiger partial charge in [0, 0.05) is 17.7 Å². The van der Waals surface area contributed by atoms with Crippen molar-refractivity contribution in [3.63, 3.8) is 0 Å². The molecule has 1 aliphatic heterocycles. The van der Waals surface area contributed by atoms with Crippen LogP contribution in [0.15, 0.2) is 52.8 Å². The van der Waals surface area contributed by atoms with E-state index in [2.05, 4.69) is 10.4 Å². The van der Waals surface area contributed by atoms with Gasteiger partial charge in [-0.3, -0.25) is 9.80 Å². The second kappa shape index (κ2) is 7.21. The van der Waals surface area contributed by atoms with Gasteiger partial charge in [0.05, 0.1) is 17.8 Å². The molecule has 0 radical (unpaired) electrons. The van der Waals surface area contributed by atoms with Crippen molar-refractivity contribution in [2.45, 2.75) is 38.3 Å². The van der Waals surface area contributed by atoms with E-state index in [1.165, 1.54) is 0 Å². The van der Waals surface area contributed by atoms with Crippen LogP contribution < -0.4 is 16.1 Å². The van der Waals surface area contributed by atoms with Crippen LogP contribution in [0.1, 0.15) is 18.9 Å². The smallest absolute Gasteiger partial charge is 0.282 e. The first-order valence-electron chi connectivity index (χ1n) is 8.59. The lowest BCUT2D eigenvalue weighted by Gasteiger charge is -2.38. The van der Waals surface area contributed by atoms with Gasteiger partial charge in [-0.1, -0.05) is 18.2 Å². The Morgan fingerprint density at radius 3 is 2.81 bits per heavy atom. The normalized spacial score (nSPS) is 22.8. The van der Waals surface area contributed by atoms with E-state index in [0.717, 1.165) is 5.56 Å². The zero-order valence-electron chi connectivity index (χ0n) is 15.1. The standard InChI is InChI=1S/C19H22F2N4O2/c1-11-4-3-5-13(8-11)25-19(2)9-12(23-18(27)15(22)10-26)6-7-14(19)16(24-25)17(20)21/h3-8,15,17,26H,9-10,22H2,1-2H3,(H,23,27)/t15-,19?/m0/s1. The minimum absolute atomic E-state index is 0.260. The number of alkyl halides is 2. The molecule has 0 aromatic heterocycles. The van der Waals surface area contributed by atoms with Gasteiger partial charge in [-0.25, -0.2) is 8.78 Å². The Balaban J connectivity index is 1.97. The Morgan fingerprint density at radius 2 is 2.19 bits per heavy atom. The van der Waals surface area contributed by atoms with Crippen molar-refractivity contribution >= 4 is 17.3 Å². The van der Waals surface area contributed by atoms with Gasteiger partial charge in [-0.05, 0) is 37.6 Å². The third-order valence-electron chi connectivity index (χ3n) is 4.79. The Hall–Kier alpha value is -2.58. The topological polar surface area (TPSA) is 91.0 Å². The number of fused-ring (bicyclic) bond motifs is 1. The average molecular weight is 376 g/mol. The lowest BCUT2D eigenvalue weighted by molar-refractivity contribution is -0.122. The number of hydrazone groups is 1. The van der Waals surface area contributed by atoms with Crippen LogP contribution in [0.2, 0.25) is 0 Å². The molecular formula is C19H22F2N4O2. The van der Waals surface area contributed by atoms with Crippen LogP contribution in [-0.2, 0) is 4.79 Å². The number of carbonyl (C=O) groups excluding carboxylic acids is 1. The second-order valence-electron chi connectivity index (χ2n) is 6.94. The molecule has 2 aliphatic rings. The van der Waals surface area contributed by atoms with Crippen LogP contribution in [-0.4, -0.2) is 41.3 Å². The molecule has 6 nitrogen and oxygen atoms in total. The molecule has 27 heavy (non-hydrogen) atoms. The molecule has 4 N–H and O–H groups in total. The summed E-state index contributed by atoms with van der Waals surface area (Å²) in [6.45, 7) is 3.25. The van der Waals surface area contributed by atoms with Crippen molar-refractivity contribution in [3.8, 4) is 0 Å². The molecule has 0 saturated carbocycles. The Bertz CT molecular complexity index is 850. The molecule has 0 fully saturated rings. The van der Waals surface area contributed by atoms with Gasteiger partial charge in [0.15, 0.2) is 0 Å². The molecule has 1 heterocycles. The van der Waals surface area contributed by atoms with Crippen molar-refractivity contribution < 1.29 is 18.7 Å². The van der Waals surface area contributed by atoms with Gasteiger partial charge in [0.1, 0.15) is 11.8 Å². The van der Waals surface area contributed by atoms with E-state index in [1.807, 2.05) is 38.1 Å². The molecule has 1 amide bonds. The minimum atomic E-state index is -2.71. The number of halogens is 2. The number of nitrogens with one attached hydrogen (secondary N) is 1. The lowest BCUT2D eigenvalue weighted by atomic mass is 9.81. The van der Waals surface area contributed by atoms with E-state index in [4.69, 9.17) is 10.8 Å². The third kappa shape index (κ3) is 3.50. The maximum Gasteiger partial charge on any atom is 0.282 e. The molecule has 1 aromatic rings. The van der Waals surface area contributed by atoms with Crippen molar-refractivity contribution in [2.24, 2.45) is 10.8 Å². The minimum Gasteiger partial charge on any atom is -0.394 e. The highest BCUT2D eigenvalue weighted by Crippen LogP contribution is 2.43. The van der Waals surface area contributed by atoms with Gasteiger partial charge in [-0.15, -0.1) is 0 Å². The van der Waals surface area contributed by atoms with Crippen LogP contribution >= 0.6 is 0 Å². The molecule has 0 spiro atoms. The van der Waals surface area contributed by atoms with E-state index in [1.54, 1.807) is 17.2 Å². The number of rotatable bonds is 5. The van der Waals surface area contributed by atoms with Crippen LogP contribution in [0.4, 0.5) is 14.5 Å². The van der Waals surface area contributed by atoms with Gasteiger partial charge in [-0.2, -0.15) is 5.10 Å². The number of hydrogen-bond donors (Lipinski definition) is 3. The van der Waals surface area contributed by atoms with E-state index < -0.39 is 30.5 Å². The number of nitrogens with two attached hydrogens (primary N) is 1. The summed E-state index contributed by atoms with van der Waals surface area (Å²) in [5.74, 6) is -0.528. The molecule has 2 atom stereocenters. The van der Waals surface area contributed by atoms with Gasteiger partial charge >= 0.3 is 0 Å². The van der Waals surface area contributed by atoms with Crippen molar-refractivity contribution in [3.05, 3.63) is 53.3 Å². The quantitative estimate of drug-likeness (QED) is 0.731. The molecule has 144 valence electrons. The van der Waals surface area contributed by atoms with E-state index in [9.17, 15) is 13.6 Å². The monoisotopic (exact) mass is 376 g/mol. The molecule has 0 bridgehead atoms. The van der Waals surface area contributed by atoms with Crippen LogP contribution in [0.25, 0.3) is 0 Å². The summed E-state index contributed by atoms with van der Waals surface area (Å²) in [4.78, 5) is 12.0. The number of nitrogens with zero attached hydrogens (tertiary/aromatic N) is 2. The summed E-state index contributed by atoms with van der Waals surface area (Å²) in [7, 11) is 0. The van der Waals surface area contributed by atoms with E-state index >= 15 is 0 Å². The zero-order chi connectivity index (χ0) is 19.8. The van der Waals surface area contributed by atoms with E-state index in [0.29, 0.717) is 17.0 Å². The Kier molecular flexibility index (Phi) is 5.12. The summed E-state index contributed by atoms with van der Waals surface area (Å²) >= 11 is 0. The number of carbonyl (C=O) groups is 1. The number of hydrogen-bond acceptors (Lipinski definition) is 5. The molecule has 0 saturated heterocycles. The number of aliphatic hydroxyl groups is 1. The molecule has 1 aromatic carbocycles. The fourth-order valence-electron chi connectivity index (χ4n) is 3.39. The average Bonchev–Trinajstić information content (AvgIpc) is 2.93. The highest BCUT2D eigenvalue weighted by Gasteiger charge is 2.48. The fourth-order valence-corrected chi connectivity index (χ4v) is 3.39. The van der Waals surface area contributed by atoms with Crippen molar-refractivity contribution in [1.82, 2.24) is 5.32 Å². The predicted octanol–water partition coefficient (Wildman–Crippen LogP) is 1.84. The molecular weight excluding hydrogens is 354 g/mol. The molecule has 1 unspecified atom stereocenters. The summed E-state index contributed by atoms with van der Waals surface area (Å²) < 4.78 is 27.1. The van der Waals surface area contributed by atoms with Gasteiger partial charge in [0.2, 0.25) is 5.91 Å². The van der Waals surface area contributed by atoms with Gasteiger partial charge in [0.25, 0.3) is 6.43 Å². The number of amides is 1. The number of benzene rings is 1. The first-order chi connectivity index (χ1) is 12.8. The van der Waals surface area contributed by atoms with Gasteiger partial charge < -0.3 is 16.2 Å². The highest BCUT2D eigenvalue weighted by molar-refractivity contribution is 6.08. The Labute approximate surface area is 156 Å². The van der Waals surface area contributed by atoms with Crippen LogP contribution in [0, 0.1) is 6.92 Å². The first-order valence-corrected chi connectivity index (χ1v) is 8.59. The number of anilines is 1. The summed E-state index contributed by atoms with van der Waals surface area (Å²) in [5, 5.41) is 17.5. The van der Waals surface area contributed by atoms with Crippen molar-refractivity contribution in [2.75, 3.05) is 11.6 Å². The van der Waals surface area contributed by atoms with Crippen LogP contribution in [0.5, 0.6) is 0 Å².